The molecule has 0 saturated heterocycles. The van der Waals surface area contributed by atoms with E-state index in [9.17, 15) is 9.59 Å². The van der Waals surface area contributed by atoms with Crippen LogP contribution in [0.1, 0.15) is 38.5 Å². The summed E-state index contributed by atoms with van der Waals surface area (Å²) in [6, 6.07) is -0.416. The molecule has 0 saturated carbocycles. The molecule has 1 unspecified atom stereocenters. The summed E-state index contributed by atoms with van der Waals surface area (Å²) in [6.07, 6.45) is 4.70. The quantitative estimate of drug-likeness (QED) is 0.385. The SMILES string of the molecule is CNCCCCCCNC(=O)C(CCC(=O)O)NC. The highest BCUT2D eigenvalue weighted by Crippen LogP contribution is 2.00. The monoisotopic (exact) mass is 273 g/mol. The van der Waals surface area contributed by atoms with E-state index in [2.05, 4.69) is 16.0 Å². The van der Waals surface area contributed by atoms with Crippen LogP contribution >= 0.6 is 0 Å². The zero-order valence-electron chi connectivity index (χ0n) is 12.0. The molecule has 0 aliphatic rings. The van der Waals surface area contributed by atoms with Crippen LogP contribution in [-0.2, 0) is 9.59 Å². The van der Waals surface area contributed by atoms with E-state index in [1.54, 1.807) is 7.05 Å². The number of carboxylic acids is 1. The van der Waals surface area contributed by atoms with Gasteiger partial charge in [-0.3, -0.25) is 9.59 Å². The van der Waals surface area contributed by atoms with Crippen LogP contribution in [0.15, 0.2) is 0 Å². The van der Waals surface area contributed by atoms with Gasteiger partial charge >= 0.3 is 5.97 Å². The number of rotatable bonds is 12. The Hall–Kier alpha value is -1.14. The third kappa shape index (κ3) is 10.5. The highest BCUT2D eigenvalue weighted by atomic mass is 16.4. The van der Waals surface area contributed by atoms with E-state index in [-0.39, 0.29) is 12.3 Å². The van der Waals surface area contributed by atoms with Crippen molar-refractivity contribution in [1.82, 2.24) is 16.0 Å². The van der Waals surface area contributed by atoms with E-state index in [0.29, 0.717) is 13.0 Å². The van der Waals surface area contributed by atoms with Crippen LogP contribution in [0.4, 0.5) is 0 Å². The lowest BCUT2D eigenvalue weighted by molar-refractivity contribution is -0.137. The predicted molar refractivity (Wildman–Crippen MR) is 75.1 cm³/mol. The molecule has 112 valence electrons. The summed E-state index contributed by atoms with van der Waals surface area (Å²) in [4.78, 5) is 22.2. The molecule has 0 aliphatic heterocycles. The zero-order chi connectivity index (χ0) is 14.5. The Balaban J connectivity index is 3.61. The smallest absolute Gasteiger partial charge is 0.303 e. The fourth-order valence-corrected chi connectivity index (χ4v) is 1.79. The number of hydrogen-bond acceptors (Lipinski definition) is 4. The number of carbonyl (C=O) groups excluding carboxylic acids is 1. The molecule has 0 fully saturated rings. The Labute approximate surface area is 115 Å². The minimum absolute atomic E-state index is 0.00292. The first-order valence-electron chi connectivity index (χ1n) is 6.93. The molecule has 0 aromatic carbocycles. The van der Waals surface area contributed by atoms with Crippen LogP contribution in [0.3, 0.4) is 0 Å². The lowest BCUT2D eigenvalue weighted by atomic mass is 10.1. The number of likely N-dealkylation sites (N-methyl/N-ethyl adjacent to an activating group) is 1. The van der Waals surface area contributed by atoms with Crippen molar-refractivity contribution < 1.29 is 14.7 Å². The molecule has 0 aromatic rings. The molecule has 0 bridgehead atoms. The highest BCUT2D eigenvalue weighted by molar-refractivity contribution is 5.82. The van der Waals surface area contributed by atoms with E-state index in [1.165, 1.54) is 0 Å². The number of carbonyl (C=O) groups is 2. The Morgan fingerprint density at radius 1 is 1.05 bits per heavy atom. The topological polar surface area (TPSA) is 90.5 Å². The van der Waals surface area contributed by atoms with E-state index in [0.717, 1.165) is 32.2 Å². The summed E-state index contributed by atoms with van der Waals surface area (Å²) in [5.41, 5.74) is 0. The summed E-state index contributed by atoms with van der Waals surface area (Å²) in [7, 11) is 3.61. The van der Waals surface area contributed by atoms with E-state index in [4.69, 9.17) is 5.11 Å². The van der Waals surface area contributed by atoms with Crippen molar-refractivity contribution in [2.24, 2.45) is 0 Å². The van der Waals surface area contributed by atoms with Crippen molar-refractivity contribution in [3.63, 3.8) is 0 Å². The van der Waals surface area contributed by atoms with Gasteiger partial charge in [0.15, 0.2) is 0 Å². The van der Waals surface area contributed by atoms with Gasteiger partial charge < -0.3 is 21.1 Å². The van der Waals surface area contributed by atoms with Gasteiger partial charge in [0, 0.05) is 13.0 Å². The summed E-state index contributed by atoms with van der Waals surface area (Å²) >= 11 is 0. The molecular weight excluding hydrogens is 246 g/mol. The fourth-order valence-electron chi connectivity index (χ4n) is 1.79. The first-order chi connectivity index (χ1) is 9.11. The van der Waals surface area contributed by atoms with Crippen molar-refractivity contribution >= 4 is 11.9 Å². The zero-order valence-corrected chi connectivity index (χ0v) is 12.0. The molecule has 1 atom stereocenters. The van der Waals surface area contributed by atoms with Crippen LogP contribution in [0.5, 0.6) is 0 Å². The van der Waals surface area contributed by atoms with Gasteiger partial charge in [-0.1, -0.05) is 12.8 Å². The molecule has 0 aromatic heterocycles. The molecule has 19 heavy (non-hydrogen) atoms. The minimum Gasteiger partial charge on any atom is -0.481 e. The predicted octanol–water partition coefficient (Wildman–Crippen LogP) is 0.335. The van der Waals surface area contributed by atoms with E-state index < -0.39 is 12.0 Å². The molecule has 6 heteroatoms. The minimum atomic E-state index is -0.877. The Morgan fingerprint density at radius 3 is 2.21 bits per heavy atom. The van der Waals surface area contributed by atoms with Crippen molar-refractivity contribution in [3.8, 4) is 0 Å². The van der Waals surface area contributed by atoms with Crippen LogP contribution in [0, 0.1) is 0 Å². The lowest BCUT2D eigenvalue weighted by Gasteiger charge is -2.15. The standard InChI is InChI=1S/C13H27N3O3/c1-14-9-5-3-4-6-10-16-13(19)11(15-2)7-8-12(17)18/h11,14-15H,3-10H2,1-2H3,(H,16,19)(H,17,18). The van der Waals surface area contributed by atoms with Crippen LogP contribution < -0.4 is 16.0 Å². The fraction of sp³-hybridized carbons (Fsp3) is 0.846. The summed E-state index contributed by atoms with van der Waals surface area (Å²) in [5, 5.41) is 17.4. The Bertz CT molecular complexity index is 260. The van der Waals surface area contributed by atoms with Crippen LogP contribution in [0.2, 0.25) is 0 Å². The molecule has 6 nitrogen and oxygen atoms in total. The number of carboxylic acid groups (broad SMARTS) is 1. The number of unbranched alkanes of at least 4 members (excludes halogenated alkanes) is 3. The second-order valence-electron chi connectivity index (χ2n) is 4.58. The molecule has 0 rings (SSSR count). The second kappa shape index (κ2) is 11.9. The van der Waals surface area contributed by atoms with Crippen molar-refractivity contribution in [1.29, 1.82) is 0 Å². The molecule has 0 heterocycles. The molecule has 1 amide bonds. The van der Waals surface area contributed by atoms with Crippen molar-refractivity contribution in [3.05, 3.63) is 0 Å². The van der Waals surface area contributed by atoms with Gasteiger partial charge in [0.1, 0.15) is 0 Å². The number of amides is 1. The third-order valence-electron chi connectivity index (χ3n) is 2.96. The number of nitrogens with one attached hydrogen (secondary N) is 3. The normalized spacial score (nSPS) is 12.1. The molecule has 0 aliphatic carbocycles. The lowest BCUT2D eigenvalue weighted by Crippen LogP contribution is -2.43. The Kier molecular flexibility index (Phi) is 11.2. The average molecular weight is 273 g/mol. The highest BCUT2D eigenvalue weighted by Gasteiger charge is 2.16. The van der Waals surface area contributed by atoms with E-state index >= 15 is 0 Å². The number of hydrogen-bond donors (Lipinski definition) is 4. The maximum Gasteiger partial charge on any atom is 0.303 e. The van der Waals surface area contributed by atoms with Gasteiger partial charge in [-0.2, -0.15) is 0 Å². The van der Waals surface area contributed by atoms with Crippen molar-refractivity contribution in [2.45, 2.75) is 44.6 Å². The molecular formula is C13H27N3O3. The van der Waals surface area contributed by atoms with Gasteiger partial charge in [0.2, 0.25) is 5.91 Å². The Morgan fingerprint density at radius 2 is 1.68 bits per heavy atom. The maximum atomic E-state index is 11.7. The van der Waals surface area contributed by atoms with Crippen LogP contribution in [0.25, 0.3) is 0 Å². The van der Waals surface area contributed by atoms with Gasteiger partial charge in [-0.05, 0) is 39.9 Å². The van der Waals surface area contributed by atoms with Crippen molar-refractivity contribution in [2.75, 3.05) is 27.2 Å². The summed E-state index contributed by atoms with van der Waals surface area (Å²) in [5.74, 6) is -0.989. The molecule has 0 radical (unpaired) electrons. The molecule has 0 spiro atoms. The number of aliphatic carboxylic acids is 1. The first-order valence-corrected chi connectivity index (χ1v) is 6.93. The molecule has 4 N–H and O–H groups in total. The summed E-state index contributed by atoms with van der Waals surface area (Å²) in [6.45, 7) is 1.69. The van der Waals surface area contributed by atoms with E-state index in [1.807, 2.05) is 7.05 Å². The maximum absolute atomic E-state index is 11.7. The van der Waals surface area contributed by atoms with Gasteiger partial charge in [-0.25, -0.2) is 0 Å². The second-order valence-corrected chi connectivity index (χ2v) is 4.58. The van der Waals surface area contributed by atoms with Gasteiger partial charge in [0.25, 0.3) is 0 Å². The first kappa shape index (κ1) is 17.9. The third-order valence-corrected chi connectivity index (χ3v) is 2.96. The average Bonchev–Trinajstić information content (AvgIpc) is 2.38. The van der Waals surface area contributed by atoms with Gasteiger partial charge in [-0.15, -0.1) is 0 Å². The summed E-state index contributed by atoms with van der Waals surface area (Å²) < 4.78 is 0. The van der Waals surface area contributed by atoms with Crippen LogP contribution in [-0.4, -0.2) is 50.2 Å². The largest absolute Gasteiger partial charge is 0.481 e. The van der Waals surface area contributed by atoms with Gasteiger partial charge in [0.05, 0.1) is 6.04 Å².